The fourth-order valence-corrected chi connectivity index (χ4v) is 10.2. The molecule has 5 heterocycles. The third-order valence-electron chi connectivity index (χ3n) is 15.7. The molecule has 388 valence electrons. The molecular formula is C56H80O14. The normalized spacial score (nSPS) is 38.6. The van der Waals surface area contributed by atoms with Gasteiger partial charge in [-0.05, 0) is 65.8 Å². The molecule has 5 aliphatic heterocycles. The van der Waals surface area contributed by atoms with E-state index in [-0.39, 0.29) is 97.0 Å². The van der Waals surface area contributed by atoms with Crippen LogP contribution < -0.4 is 9.47 Å². The number of esters is 1. The first-order chi connectivity index (χ1) is 33.6. The number of benzene rings is 3. The predicted octanol–water partition coefficient (Wildman–Crippen LogP) is 9.51. The van der Waals surface area contributed by atoms with Crippen molar-refractivity contribution in [2.75, 3.05) is 26.9 Å². The maximum absolute atomic E-state index is 11.9. The van der Waals surface area contributed by atoms with E-state index in [0.29, 0.717) is 44.7 Å². The summed E-state index contributed by atoms with van der Waals surface area (Å²) in [4.78, 5) is 11.9. The zero-order valence-corrected chi connectivity index (χ0v) is 43.1. The van der Waals surface area contributed by atoms with Gasteiger partial charge < -0.3 is 61.9 Å². The van der Waals surface area contributed by atoms with Crippen molar-refractivity contribution in [3.05, 3.63) is 96.1 Å². The predicted molar refractivity (Wildman–Crippen MR) is 261 cm³/mol. The van der Waals surface area contributed by atoms with Gasteiger partial charge in [-0.2, -0.15) is 0 Å². The van der Waals surface area contributed by atoms with Gasteiger partial charge in [0.2, 0.25) is 0 Å². The molecule has 0 amide bonds. The zero-order valence-electron chi connectivity index (χ0n) is 43.1. The topological polar surface area (TPSA) is 148 Å². The molecular weight excluding hydrogens is 897 g/mol. The highest BCUT2D eigenvalue weighted by Gasteiger charge is 2.50. The van der Waals surface area contributed by atoms with Gasteiger partial charge >= 0.3 is 5.97 Å². The van der Waals surface area contributed by atoms with Crippen LogP contribution in [-0.2, 0) is 58.8 Å². The minimum Gasteiger partial charge on any atom is -0.497 e. The number of hydrogen-bond donors (Lipinski definition) is 1. The molecule has 70 heavy (non-hydrogen) atoms. The van der Waals surface area contributed by atoms with Crippen molar-refractivity contribution in [1.29, 1.82) is 0 Å². The molecule has 5 saturated heterocycles. The average Bonchev–Trinajstić information content (AvgIpc) is 3.37. The van der Waals surface area contributed by atoms with E-state index in [4.69, 9.17) is 56.8 Å². The first kappa shape index (κ1) is 54.1. The fourth-order valence-electron chi connectivity index (χ4n) is 10.2. The van der Waals surface area contributed by atoms with Crippen molar-refractivity contribution in [3.63, 3.8) is 0 Å². The molecule has 0 saturated carbocycles. The molecule has 0 radical (unpaired) electrons. The first-order valence-corrected chi connectivity index (χ1v) is 25.6. The number of ether oxygens (including phenoxy) is 12. The Balaban J connectivity index is 0.000000208. The molecule has 5 aliphatic rings. The molecule has 0 aliphatic carbocycles. The Morgan fingerprint density at radius 2 is 1.31 bits per heavy atom. The van der Waals surface area contributed by atoms with Gasteiger partial charge in [0.05, 0.1) is 64.1 Å². The van der Waals surface area contributed by atoms with Crippen molar-refractivity contribution in [2.24, 2.45) is 47.3 Å². The van der Waals surface area contributed by atoms with Crippen molar-refractivity contribution in [3.8, 4) is 11.5 Å². The largest absolute Gasteiger partial charge is 0.497 e. The molecule has 5 fully saturated rings. The van der Waals surface area contributed by atoms with Crippen LogP contribution in [0.15, 0.2) is 84.9 Å². The Morgan fingerprint density at radius 3 is 1.99 bits per heavy atom. The van der Waals surface area contributed by atoms with Crippen LogP contribution in [0.2, 0.25) is 0 Å². The van der Waals surface area contributed by atoms with Gasteiger partial charge in [-0.25, -0.2) is 0 Å². The second kappa shape index (κ2) is 25.3. The summed E-state index contributed by atoms with van der Waals surface area (Å²) in [6.45, 7) is 22.3. The standard InChI is InChI=1S/C30H40O7.C26H40O7/c1-18-15-27(34-24-13-11-23(31-5)12-14-24)35-25(19(18)2)16-32-29-21(4)20(3)28-26(36-29)17-33-30(37-28)22-9-7-6-8-10-22;1-7-21-23(17(4)18(5)25(28)31-21)33-26-24(30-19(6)27)16(3)15(2)22(32-26)14-29-13-20-11-9-8-10-12-20/h6-14,18-21,25-30H,15-17H2,1-5H3;8-12,15-18,21-26,28H,7,13-14H2,1-6H3/t18-,19+,20-,21?,25?,26?,27+,28+,29-,30?;15-,16+,17-,18?,21?,22?,23+,24?,25-,26+/m11/s1. The maximum atomic E-state index is 11.9. The molecule has 8 rings (SSSR count). The van der Waals surface area contributed by atoms with Crippen LogP contribution in [0.25, 0.3) is 0 Å². The van der Waals surface area contributed by atoms with Crippen LogP contribution in [0.5, 0.6) is 11.5 Å². The Labute approximate surface area is 416 Å². The molecule has 0 bridgehead atoms. The number of methoxy groups -OCH3 is 1. The highest BCUT2D eigenvalue weighted by molar-refractivity contribution is 5.66. The number of hydrogen-bond acceptors (Lipinski definition) is 14. The third kappa shape index (κ3) is 13.5. The lowest BCUT2D eigenvalue weighted by molar-refractivity contribution is -0.346. The second-order valence-electron chi connectivity index (χ2n) is 20.4. The number of rotatable bonds is 15. The van der Waals surface area contributed by atoms with Crippen molar-refractivity contribution < 1.29 is 66.7 Å². The van der Waals surface area contributed by atoms with Gasteiger partial charge in [0.25, 0.3) is 0 Å². The zero-order chi connectivity index (χ0) is 50.1. The summed E-state index contributed by atoms with van der Waals surface area (Å²) < 4.78 is 73.3. The number of aliphatic hydroxyl groups is 1. The lowest BCUT2D eigenvalue weighted by atomic mass is 9.82. The summed E-state index contributed by atoms with van der Waals surface area (Å²) in [5.41, 5.74) is 2.13. The van der Waals surface area contributed by atoms with E-state index in [9.17, 15) is 9.90 Å². The minimum absolute atomic E-state index is 0.0147. The third-order valence-corrected chi connectivity index (χ3v) is 15.7. The molecule has 8 unspecified atom stereocenters. The highest BCUT2D eigenvalue weighted by atomic mass is 16.8. The SMILES string of the molecule is CCC1O[C@@H](O)C(C)[C@@H](C)[C@@H]1O[C@@H]1OC(COCc2ccccc2)[C@H](C)[C@H](C)C1OC(C)=O.COc1ccc(O[C@@H]2C[C@@H](C)[C@H](C)C(CO[C@@H]3OC4COC(c5ccccc5)O[C@H]4[C@H](C)C3C)O2)cc1. The Bertz CT molecular complexity index is 2000. The number of carbonyl (C=O) groups excluding carboxylic acids is 1. The van der Waals surface area contributed by atoms with Gasteiger partial charge in [0.15, 0.2) is 37.6 Å². The molecule has 14 heteroatoms. The molecule has 3 aromatic carbocycles. The van der Waals surface area contributed by atoms with Gasteiger partial charge in [-0.15, -0.1) is 0 Å². The van der Waals surface area contributed by atoms with Crippen LogP contribution in [0.4, 0.5) is 0 Å². The van der Waals surface area contributed by atoms with Gasteiger partial charge in [-0.3, -0.25) is 4.79 Å². The lowest BCUT2D eigenvalue weighted by Crippen LogP contribution is -2.57. The van der Waals surface area contributed by atoms with Crippen LogP contribution in [0.1, 0.15) is 99.5 Å². The molecule has 20 atom stereocenters. The van der Waals surface area contributed by atoms with Crippen LogP contribution in [0, 0.1) is 47.3 Å². The van der Waals surface area contributed by atoms with Crippen molar-refractivity contribution in [2.45, 2.75) is 163 Å². The first-order valence-electron chi connectivity index (χ1n) is 25.6. The summed E-state index contributed by atoms with van der Waals surface area (Å²) in [6.07, 6.45) is -2.64. The van der Waals surface area contributed by atoms with E-state index >= 15 is 0 Å². The fraction of sp³-hybridized carbons (Fsp3) is 0.661. The Morgan fingerprint density at radius 1 is 0.657 bits per heavy atom. The Kier molecular flexibility index (Phi) is 19.6. The lowest BCUT2D eigenvalue weighted by Gasteiger charge is -2.48. The molecule has 1 N–H and O–H groups in total. The summed E-state index contributed by atoms with van der Waals surface area (Å²) in [5.74, 6) is 2.48. The van der Waals surface area contributed by atoms with Crippen LogP contribution in [0.3, 0.4) is 0 Å². The van der Waals surface area contributed by atoms with E-state index in [0.717, 1.165) is 29.0 Å². The van der Waals surface area contributed by atoms with E-state index < -0.39 is 18.7 Å². The quantitative estimate of drug-likeness (QED) is 0.144. The second-order valence-corrected chi connectivity index (χ2v) is 20.4. The van der Waals surface area contributed by atoms with E-state index in [1.807, 2.05) is 98.8 Å². The minimum atomic E-state index is -0.820. The van der Waals surface area contributed by atoms with E-state index in [2.05, 4.69) is 48.5 Å². The van der Waals surface area contributed by atoms with Gasteiger partial charge in [0, 0.05) is 36.7 Å². The molecule has 0 spiro atoms. The molecule has 3 aromatic rings. The monoisotopic (exact) mass is 977 g/mol. The average molecular weight is 977 g/mol. The van der Waals surface area contributed by atoms with E-state index in [1.54, 1.807) is 7.11 Å². The highest BCUT2D eigenvalue weighted by Crippen LogP contribution is 2.42. The molecule has 14 nitrogen and oxygen atoms in total. The number of carbonyl (C=O) groups is 1. The van der Waals surface area contributed by atoms with Crippen LogP contribution >= 0.6 is 0 Å². The van der Waals surface area contributed by atoms with Gasteiger partial charge in [-0.1, -0.05) is 123 Å². The maximum Gasteiger partial charge on any atom is 0.303 e. The van der Waals surface area contributed by atoms with Crippen molar-refractivity contribution in [1.82, 2.24) is 0 Å². The summed E-state index contributed by atoms with van der Waals surface area (Å²) in [7, 11) is 1.65. The smallest absolute Gasteiger partial charge is 0.303 e. The summed E-state index contributed by atoms with van der Waals surface area (Å²) in [5, 5.41) is 10.3. The summed E-state index contributed by atoms with van der Waals surface area (Å²) in [6, 6.07) is 27.7. The van der Waals surface area contributed by atoms with Gasteiger partial charge in [0.1, 0.15) is 17.6 Å². The Hall–Kier alpha value is -3.67. The number of fused-ring (bicyclic) bond motifs is 1. The van der Waals surface area contributed by atoms with E-state index in [1.165, 1.54) is 6.92 Å². The van der Waals surface area contributed by atoms with Crippen molar-refractivity contribution >= 4 is 5.97 Å². The van der Waals surface area contributed by atoms with Crippen LogP contribution in [-0.4, -0.2) is 106 Å². The summed E-state index contributed by atoms with van der Waals surface area (Å²) >= 11 is 0. The number of aliphatic hydroxyl groups excluding tert-OH is 1. The molecule has 0 aromatic heterocycles.